The van der Waals surface area contributed by atoms with E-state index < -0.39 is 0 Å². The summed E-state index contributed by atoms with van der Waals surface area (Å²) in [6.07, 6.45) is 4.90. The second-order valence-electron chi connectivity index (χ2n) is 3.21. The number of rotatable bonds is 3. The van der Waals surface area contributed by atoms with Crippen LogP contribution in [0.25, 0.3) is 5.82 Å². The Morgan fingerprint density at radius 2 is 2.25 bits per heavy atom. The van der Waals surface area contributed by atoms with Gasteiger partial charge in [-0.15, -0.1) is 4.91 Å². The summed E-state index contributed by atoms with van der Waals surface area (Å²) in [5, 5.41) is 3.90. The molecule has 7 nitrogen and oxygen atoms in total. The summed E-state index contributed by atoms with van der Waals surface area (Å²) in [7, 11) is 1.53. The van der Waals surface area contributed by atoms with Crippen molar-refractivity contribution < 1.29 is 0 Å². The van der Waals surface area contributed by atoms with Crippen LogP contribution in [0, 0.1) is 11.8 Å². The van der Waals surface area contributed by atoms with Crippen LogP contribution in [0.1, 0.15) is 5.82 Å². The van der Waals surface area contributed by atoms with Crippen molar-refractivity contribution in [2.24, 2.45) is 5.29 Å². The molecule has 0 radical (unpaired) electrons. The van der Waals surface area contributed by atoms with Crippen molar-refractivity contribution in [3.63, 3.8) is 0 Å². The Labute approximate surface area is 91.7 Å². The highest BCUT2D eigenvalue weighted by Gasteiger charge is 2.06. The first-order valence-corrected chi connectivity index (χ1v) is 4.61. The highest BCUT2D eigenvalue weighted by molar-refractivity contribution is 5.36. The van der Waals surface area contributed by atoms with Gasteiger partial charge in [0.2, 0.25) is 0 Å². The summed E-state index contributed by atoms with van der Waals surface area (Å²) in [4.78, 5) is 22.6. The minimum Gasteiger partial charge on any atom is -0.288 e. The third kappa shape index (κ3) is 1.88. The van der Waals surface area contributed by atoms with E-state index in [1.807, 2.05) is 0 Å². The fourth-order valence-electron chi connectivity index (χ4n) is 1.23. The van der Waals surface area contributed by atoms with Crippen molar-refractivity contribution >= 4 is 5.82 Å². The largest absolute Gasteiger partial charge is 0.288 e. The Kier molecular flexibility index (Phi) is 2.59. The molecule has 0 aromatic carbocycles. The van der Waals surface area contributed by atoms with Crippen molar-refractivity contribution in [3.8, 4) is 5.82 Å². The van der Waals surface area contributed by atoms with Gasteiger partial charge in [-0.2, -0.15) is 0 Å². The van der Waals surface area contributed by atoms with Gasteiger partial charge >= 0.3 is 0 Å². The van der Waals surface area contributed by atoms with Gasteiger partial charge in [0, 0.05) is 13.2 Å². The molecule has 0 unspecified atom stereocenters. The molecule has 2 heterocycles. The third-order valence-electron chi connectivity index (χ3n) is 2.05. The van der Waals surface area contributed by atoms with E-state index >= 15 is 0 Å². The highest BCUT2D eigenvalue weighted by atomic mass is 16.3. The molecule has 0 aliphatic carbocycles. The zero-order valence-corrected chi connectivity index (χ0v) is 8.90. The monoisotopic (exact) mass is 218 g/mol. The van der Waals surface area contributed by atoms with E-state index in [9.17, 15) is 4.91 Å². The Bertz CT molecular complexity index is 508. The lowest BCUT2D eigenvalue weighted by Crippen LogP contribution is -2.06. The summed E-state index contributed by atoms with van der Waals surface area (Å²) < 4.78 is 1.70. The standard InChI is InChI=1S/C9H10N6O/c1-7-10-4-3-8(12-7)15-5-9(11-6-15)14(2)13-16/h3-6H,1-2H3. The lowest BCUT2D eigenvalue weighted by molar-refractivity contribution is 0.935. The maximum atomic E-state index is 10.3. The van der Waals surface area contributed by atoms with Gasteiger partial charge in [-0.3, -0.25) is 4.57 Å². The van der Waals surface area contributed by atoms with Gasteiger partial charge in [0.25, 0.3) is 0 Å². The van der Waals surface area contributed by atoms with Crippen LogP contribution in [0.3, 0.4) is 0 Å². The fourth-order valence-corrected chi connectivity index (χ4v) is 1.23. The van der Waals surface area contributed by atoms with E-state index in [2.05, 4.69) is 20.2 Å². The average molecular weight is 218 g/mol. The zero-order chi connectivity index (χ0) is 11.5. The first-order chi connectivity index (χ1) is 7.70. The number of aryl methyl sites for hydroxylation is 1. The molecule has 82 valence electrons. The third-order valence-corrected chi connectivity index (χ3v) is 2.05. The number of nitrogens with zero attached hydrogens (tertiary/aromatic N) is 6. The number of aromatic nitrogens is 4. The maximum Gasteiger partial charge on any atom is 0.169 e. The van der Waals surface area contributed by atoms with Crippen molar-refractivity contribution in [2.45, 2.75) is 6.92 Å². The maximum absolute atomic E-state index is 10.3. The molecule has 0 N–H and O–H groups in total. The number of hydrogen-bond donors (Lipinski definition) is 0. The molecule has 0 aliphatic rings. The molecule has 2 aromatic rings. The topological polar surface area (TPSA) is 76.3 Å². The smallest absolute Gasteiger partial charge is 0.169 e. The number of hydrogen-bond acceptors (Lipinski definition) is 5. The van der Waals surface area contributed by atoms with Crippen LogP contribution in [0.4, 0.5) is 5.82 Å². The fraction of sp³-hybridized carbons (Fsp3) is 0.222. The molecule has 16 heavy (non-hydrogen) atoms. The van der Waals surface area contributed by atoms with Gasteiger partial charge in [0.1, 0.15) is 18.0 Å². The number of imidazole rings is 1. The molecule has 7 heteroatoms. The van der Waals surface area contributed by atoms with Gasteiger partial charge in [0.05, 0.1) is 11.5 Å². The molecule has 0 saturated carbocycles. The second kappa shape index (κ2) is 4.05. The van der Waals surface area contributed by atoms with E-state index in [0.29, 0.717) is 17.5 Å². The molecule has 0 aliphatic heterocycles. The summed E-state index contributed by atoms with van der Waals surface area (Å²) >= 11 is 0. The van der Waals surface area contributed by atoms with Crippen LogP contribution in [0.2, 0.25) is 0 Å². The first-order valence-electron chi connectivity index (χ1n) is 4.61. The first kappa shape index (κ1) is 10.2. The molecule has 2 rings (SSSR count). The Hall–Kier alpha value is -2.31. The average Bonchev–Trinajstić information content (AvgIpc) is 2.77. The zero-order valence-electron chi connectivity index (χ0n) is 8.90. The van der Waals surface area contributed by atoms with Crippen molar-refractivity contribution in [3.05, 3.63) is 35.5 Å². The van der Waals surface area contributed by atoms with Crippen LogP contribution in [-0.2, 0) is 0 Å². The van der Waals surface area contributed by atoms with Crippen molar-refractivity contribution in [1.82, 2.24) is 19.5 Å². The van der Waals surface area contributed by atoms with E-state index in [1.54, 1.807) is 36.3 Å². The van der Waals surface area contributed by atoms with Crippen LogP contribution in [0.5, 0.6) is 0 Å². The molecule has 0 bridgehead atoms. The molecule has 0 saturated heterocycles. The lowest BCUT2D eigenvalue weighted by atomic mass is 10.5. The highest BCUT2D eigenvalue weighted by Crippen LogP contribution is 2.12. The van der Waals surface area contributed by atoms with Gasteiger partial charge in [-0.1, -0.05) is 0 Å². The predicted molar refractivity (Wildman–Crippen MR) is 58.1 cm³/mol. The van der Waals surface area contributed by atoms with Gasteiger partial charge in [-0.05, 0) is 13.0 Å². The Morgan fingerprint density at radius 1 is 1.44 bits per heavy atom. The summed E-state index contributed by atoms with van der Waals surface area (Å²) in [6.45, 7) is 1.81. The summed E-state index contributed by atoms with van der Waals surface area (Å²) in [6, 6.07) is 1.76. The van der Waals surface area contributed by atoms with Crippen LogP contribution < -0.4 is 5.01 Å². The predicted octanol–water partition coefficient (Wildman–Crippen LogP) is 1.09. The molecule has 2 aromatic heterocycles. The van der Waals surface area contributed by atoms with E-state index in [1.165, 1.54) is 7.05 Å². The van der Waals surface area contributed by atoms with Gasteiger partial charge < -0.3 is 0 Å². The van der Waals surface area contributed by atoms with Crippen molar-refractivity contribution in [2.75, 3.05) is 12.1 Å². The molecule has 0 fully saturated rings. The SMILES string of the molecule is Cc1nccc(-n2cnc(N(C)N=O)c2)n1. The number of anilines is 1. The van der Waals surface area contributed by atoms with E-state index in [0.717, 1.165) is 5.01 Å². The van der Waals surface area contributed by atoms with E-state index in [-0.39, 0.29) is 0 Å². The molecule has 0 atom stereocenters. The Morgan fingerprint density at radius 3 is 2.94 bits per heavy atom. The van der Waals surface area contributed by atoms with E-state index in [4.69, 9.17) is 0 Å². The molecule has 0 amide bonds. The van der Waals surface area contributed by atoms with Gasteiger partial charge in [-0.25, -0.2) is 20.0 Å². The quantitative estimate of drug-likeness (QED) is 0.569. The Balaban J connectivity index is 2.35. The minimum absolute atomic E-state index is 0.464. The number of nitroso groups, excluding NO2 is 1. The lowest BCUT2D eigenvalue weighted by Gasteiger charge is -2.02. The van der Waals surface area contributed by atoms with Crippen LogP contribution in [-0.4, -0.2) is 26.6 Å². The van der Waals surface area contributed by atoms with Crippen LogP contribution >= 0.6 is 0 Å². The molecular weight excluding hydrogens is 208 g/mol. The summed E-state index contributed by atoms with van der Waals surface area (Å²) in [5.74, 6) is 1.84. The summed E-state index contributed by atoms with van der Waals surface area (Å²) in [5.41, 5.74) is 0. The normalized spacial score (nSPS) is 10.1. The molecule has 0 spiro atoms. The van der Waals surface area contributed by atoms with Gasteiger partial charge in [0.15, 0.2) is 5.82 Å². The second-order valence-corrected chi connectivity index (χ2v) is 3.21. The van der Waals surface area contributed by atoms with Crippen molar-refractivity contribution in [1.29, 1.82) is 0 Å². The minimum atomic E-state index is 0.464. The van der Waals surface area contributed by atoms with Crippen LogP contribution in [0.15, 0.2) is 30.1 Å². The molecular formula is C9H10N6O.